The number of nitrogens with zero attached hydrogens (tertiary/aromatic N) is 1. The van der Waals surface area contributed by atoms with Gasteiger partial charge in [0.15, 0.2) is 17.7 Å². The Hall–Kier alpha value is -3.71. The first-order valence-corrected chi connectivity index (χ1v) is 12.3. The van der Waals surface area contributed by atoms with E-state index in [1.807, 2.05) is 49.4 Å². The lowest BCUT2D eigenvalue weighted by Gasteiger charge is -2.17. The molecule has 0 fully saturated rings. The summed E-state index contributed by atoms with van der Waals surface area (Å²) >= 11 is 1.29. The van der Waals surface area contributed by atoms with Crippen molar-refractivity contribution in [2.45, 2.75) is 40.2 Å². The Balaban J connectivity index is 1.91. The summed E-state index contributed by atoms with van der Waals surface area (Å²) in [6.45, 7) is 8.56. The van der Waals surface area contributed by atoms with E-state index in [0.29, 0.717) is 39.7 Å². The van der Waals surface area contributed by atoms with Crippen LogP contribution in [0.25, 0.3) is 22.5 Å². The van der Waals surface area contributed by atoms with E-state index in [2.05, 4.69) is 19.0 Å². The molecular weight excluding hydrogens is 462 g/mol. The lowest BCUT2D eigenvalue weighted by atomic mass is 9.92. The topological polar surface area (TPSA) is 78.6 Å². The van der Waals surface area contributed by atoms with Crippen molar-refractivity contribution in [3.05, 3.63) is 81.2 Å². The number of hydrogen-bond acceptors (Lipinski definition) is 7. The molecule has 0 spiro atoms. The second-order valence-corrected chi connectivity index (χ2v) is 9.35. The molecule has 0 aliphatic carbocycles. The number of aldehydes is 1. The zero-order chi connectivity index (χ0) is 24.9. The monoisotopic (exact) mass is 489 g/mol. The SMILES string of the molecule is CCOC(=O)c1noc(-c2cc(C(C)C)c(C)cc2OCc2ccccc2)c1-c1ccsc1C=O. The third kappa shape index (κ3) is 5.05. The number of hydrogen-bond donors (Lipinski definition) is 0. The lowest BCUT2D eigenvalue weighted by molar-refractivity contribution is 0.0515. The summed E-state index contributed by atoms with van der Waals surface area (Å²) < 4.78 is 17.3. The zero-order valence-electron chi connectivity index (χ0n) is 20.2. The summed E-state index contributed by atoms with van der Waals surface area (Å²) in [4.78, 5) is 25.0. The number of aromatic nitrogens is 1. The molecule has 0 aliphatic heterocycles. The van der Waals surface area contributed by atoms with Crippen LogP contribution < -0.4 is 4.74 Å². The van der Waals surface area contributed by atoms with Crippen molar-refractivity contribution in [1.29, 1.82) is 0 Å². The van der Waals surface area contributed by atoms with Gasteiger partial charge in [-0.25, -0.2) is 4.79 Å². The minimum Gasteiger partial charge on any atom is -0.488 e. The van der Waals surface area contributed by atoms with Gasteiger partial charge in [-0.3, -0.25) is 4.79 Å². The molecule has 0 amide bonds. The molecule has 0 aliphatic rings. The van der Waals surface area contributed by atoms with Crippen LogP contribution >= 0.6 is 11.3 Å². The first kappa shape index (κ1) is 24.4. The van der Waals surface area contributed by atoms with Gasteiger partial charge in [-0.05, 0) is 60.0 Å². The van der Waals surface area contributed by atoms with Gasteiger partial charge in [0.05, 0.1) is 22.6 Å². The van der Waals surface area contributed by atoms with Gasteiger partial charge in [-0.15, -0.1) is 11.3 Å². The number of benzene rings is 2. The number of esters is 1. The van der Waals surface area contributed by atoms with Gasteiger partial charge < -0.3 is 14.0 Å². The van der Waals surface area contributed by atoms with Crippen LogP contribution in [0.1, 0.15) is 63.5 Å². The average Bonchev–Trinajstić information content (AvgIpc) is 3.50. The van der Waals surface area contributed by atoms with E-state index in [1.54, 1.807) is 18.4 Å². The Labute approximate surface area is 208 Å². The van der Waals surface area contributed by atoms with Crippen LogP contribution in [0.5, 0.6) is 5.75 Å². The molecule has 0 radical (unpaired) electrons. The van der Waals surface area contributed by atoms with E-state index in [9.17, 15) is 9.59 Å². The fraction of sp³-hybridized carbons (Fsp3) is 0.250. The van der Waals surface area contributed by atoms with Crippen molar-refractivity contribution >= 4 is 23.6 Å². The minimum atomic E-state index is -0.608. The van der Waals surface area contributed by atoms with Crippen LogP contribution in [0.15, 0.2) is 58.4 Å². The number of thiophene rings is 1. The Morgan fingerprint density at radius 1 is 1.14 bits per heavy atom. The van der Waals surface area contributed by atoms with Crippen molar-refractivity contribution in [3.63, 3.8) is 0 Å². The Kier molecular flexibility index (Phi) is 7.46. The van der Waals surface area contributed by atoms with Crippen molar-refractivity contribution in [2.75, 3.05) is 6.61 Å². The van der Waals surface area contributed by atoms with Gasteiger partial charge in [-0.2, -0.15) is 0 Å². The molecule has 0 atom stereocenters. The van der Waals surface area contributed by atoms with Crippen LogP contribution in [-0.2, 0) is 11.3 Å². The minimum absolute atomic E-state index is 0.0315. The molecule has 6 nitrogen and oxygen atoms in total. The van der Waals surface area contributed by atoms with E-state index in [0.717, 1.165) is 23.0 Å². The number of ether oxygens (including phenoxy) is 2. The summed E-state index contributed by atoms with van der Waals surface area (Å²) in [5.41, 5.74) is 4.92. The van der Waals surface area contributed by atoms with Gasteiger partial charge in [0.2, 0.25) is 0 Å². The summed E-state index contributed by atoms with van der Waals surface area (Å²) in [6, 6.07) is 15.7. The number of rotatable bonds is 9. The molecule has 0 N–H and O–H groups in total. The van der Waals surface area contributed by atoms with Crippen molar-refractivity contribution in [3.8, 4) is 28.2 Å². The Morgan fingerprint density at radius 3 is 2.60 bits per heavy atom. The lowest BCUT2D eigenvalue weighted by Crippen LogP contribution is -2.07. The molecule has 2 aromatic carbocycles. The Bertz CT molecular complexity index is 1340. The third-order valence-corrected chi connectivity index (χ3v) is 6.55. The number of carbonyl (C=O) groups is 2. The van der Waals surface area contributed by atoms with Gasteiger partial charge >= 0.3 is 5.97 Å². The van der Waals surface area contributed by atoms with E-state index in [4.69, 9.17) is 14.0 Å². The molecule has 2 aromatic heterocycles. The first-order valence-electron chi connectivity index (χ1n) is 11.5. The molecule has 7 heteroatoms. The van der Waals surface area contributed by atoms with Crippen LogP contribution in [-0.4, -0.2) is 24.0 Å². The van der Waals surface area contributed by atoms with E-state index < -0.39 is 5.97 Å². The van der Waals surface area contributed by atoms with Gasteiger partial charge in [0.1, 0.15) is 12.4 Å². The van der Waals surface area contributed by atoms with Gasteiger partial charge in [-0.1, -0.05) is 49.3 Å². The summed E-state index contributed by atoms with van der Waals surface area (Å²) in [7, 11) is 0. The predicted octanol–water partition coefficient (Wildman–Crippen LogP) is 7.07. The van der Waals surface area contributed by atoms with Crippen LogP contribution in [0, 0.1) is 6.92 Å². The quantitative estimate of drug-likeness (QED) is 0.185. The predicted molar refractivity (Wildman–Crippen MR) is 136 cm³/mol. The first-order chi connectivity index (χ1) is 16.9. The highest BCUT2D eigenvalue weighted by molar-refractivity contribution is 7.12. The Morgan fingerprint density at radius 2 is 1.91 bits per heavy atom. The maximum Gasteiger partial charge on any atom is 0.361 e. The zero-order valence-corrected chi connectivity index (χ0v) is 21.0. The highest BCUT2D eigenvalue weighted by Crippen LogP contribution is 2.43. The molecule has 4 aromatic rings. The van der Waals surface area contributed by atoms with Crippen molar-refractivity contribution in [1.82, 2.24) is 5.16 Å². The van der Waals surface area contributed by atoms with Crippen LogP contribution in [0.4, 0.5) is 0 Å². The van der Waals surface area contributed by atoms with Gasteiger partial charge in [0.25, 0.3) is 0 Å². The van der Waals surface area contributed by atoms with E-state index in [-0.39, 0.29) is 18.2 Å². The summed E-state index contributed by atoms with van der Waals surface area (Å²) in [6.07, 6.45) is 0.771. The molecule has 0 bridgehead atoms. The molecular formula is C28H27NO5S. The molecule has 0 unspecified atom stereocenters. The van der Waals surface area contributed by atoms with E-state index in [1.165, 1.54) is 11.3 Å². The number of carbonyl (C=O) groups excluding carboxylic acids is 2. The smallest absolute Gasteiger partial charge is 0.361 e. The molecule has 180 valence electrons. The fourth-order valence-corrected chi connectivity index (χ4v) is 4.74. The average molecular weight is 490 g/mol. The maximum absolute atomic E-state index is 12.8. The summed E-state index contributed by atoms with van der Waals surface area (Å²) in [5, 5.41) is 5.88. The fourth-order valence-electron chi connectivity index (χ4n) is 4.03. The van der Waals surface area contributed by atoms with Crippen molar-refractivity contribution in [2.24, 2.45) is 0 Å². The summed E-state index contributed by atoms with van der Waals surface area (Å²) in [5.74, 6) is 0.606. The van der Waals surface area contributed by atoms with Crippen LogP contribution in [0.2, 0.25) is 0 Å². The van der Waals surface area contributed by atoms with E-state index >= 15 is 0 Å². The largest absolute Gasteiger partial charge is 0.488 e. The molecule has 0 saturated heterocycles. The molecule has 0 saturated carbocycles. The number of aryl methyl sites for hydroxylation is 1. The second-order valence-electron chi connectivity index (χ2n) is 8.41. The molecule has 35 heavy (non-hydrogen) atoms. The van der Waals surface area contributed by atoms with Crippen LogP contribution in [0.3, 0.4) is 0 Å². The third-order valence-electron chi connectivity index (χ3n) is 5.70. The standard InChI is InChI=1S/C28H27NO5S/c1-5-32-28(31)26-25(20-11-12-35-24(20)15-30)27(34-29-26)22-14-21(17(2)3)18(4)13-23(22)33-16-19-9-7-6-8-10-19/h6-15,17H,5,16H2,1-4H3. The highest BCUT2D eigenvalue weighted by atomic mass is 32.1. The van der Waals surface area contributed by atoms with Crippen molar-refractivity contribution < 1.29 is 23.6 Å². The molecule has 2 heterocycles. The highest BCUT2D eigenvalue weighted by Gasteiger charge is 2.29. The van der Waals surface area contributed by atoms with Gasteiger partial charge in [0, 0.05) is 5.56 Å². The second kappa shape index (κ2) is 10.7. The normalized spacial score (nSPS) is 11.0. The molecule has 4 rings (SSSR count). The maximum atomic E-state index is 12.8.